The summed E-state index contributed by atoms with van der Waals surface area (Å²) in [4.78, 5) is 0. The van der Waals surface area contributed by atoms with E-state index in [-0.39, 0.29) is 18.0 Å². The maximum Gasteiger partial charge on any atom is 0.387 e. The minimum atomic E-state index is -2.94. The van der Waals surface area contributed by atoms with E-state index < -0.39 is 6.61 Å². The molecular formula is C19H23F2NO5. The van der Waals surface area contributed by atoms with Crippen molar-refractivity contribution in [1.29, 1.82) is 0 Å². The number of hydrogen-bond donors (Lipinski definition) is 1. The number of methoxy groups -OCH3 is 4. The molecule has 27 heavy (non-hydrogen) atoms. The fourth-order valence-electron chi connectivity index (χ4n) is 2.65. The molecule has 0 saturated carbocycles. The summed E-state index contributed by atoms with van der Waals surface area (Å²) < 4.78 is 51.1. The molecule has 1 N–H and O–H groups in total. The Balaban J connectivity index is 2.17. The highest BCUT2D eigenvalue weighted by molar-refractivity contribution is 5.51. The van der Waals surface area contributed by atoms with Crippen LogP contribution in [0.4, 0.5) is 8.78 Å². The fraction of sp³-hybridized carbons (Fsp3) is 0.368. The molecule has 0 aliphatic carbocycles. The zero-order chi connectivity index (χ0) is 19.8. The molecule has 0 amide bonds. The SMILES string of the molecule is COc1cc(OC)c(OC)cc1CNCc1cccc(OC)c1OC(F)F. The first-order chi connectivity index (χ1) is 13.0. The number of para-hydroxylation sites is 1. The van der Waals surface area contributed by atoms with Crippen LogP contribution in [0.3, 0.4) is 0 Å². The van der Waals surface area contributed by atoms with Gasteiger partial charge in [0.25, 0.3) is 0 Å². The van der Waals surface area contributed by atoms with Gasteiger partial charge in [-0.05, 0) is 12.1 Å². The van der Waals surface area contributed by atoms with Gasteiger partial charge < -0.3 is 29.0 Å². The van der Waals surface area contributed by atoms with E-state index in [1.807, 2.05) is 0 Å². The summed E-state index contributed by atoms with van der Waals surface area (Å²) in [6.45, 7) is -2.24. The molecule has 0 heterocycles. The number of alkyl halides is 2. The summed E-state index contributed by atoms with van der Waals surface area (Å²) in [5.74, 6) is 2.01. The third-order valence-corrected chi connectivity index (χ3v) is 3.90. The van der Waals surface area contributed by atoms with E-state index in [4.69, 9.17) is 18.9 Å². The molecule has 0 radical (unpaired) electrons. The molecule has 0 aliphatic heterocycles. The minimum absolute atomic E-state index is 0.0155. The van der Waals surface area contributed by atoms with Crippen LogP contribution in [0.1, 0.15) is 11.1 Å². The van der Waals surface area contributed by atoms with Crippen molar-refractivity contribution in [3.05, 3.63) is 41.5 Å². The number of ether oxygens (including phenoxy) is 5. The van der Waals surface area contributed by atoms with Gasteiger partial charge in [-0.3, -0.25) is 0 Å². The second kappa shape index (κ2) is 9.82. The third kappa shape index (κ3) is 5.13. The molecule has 148 valence electrons. The lowest BCUT2D eigenvalue weighted by molar-refractivity contribution is -0.0518. The monoisotopic (exact) mass is 383 g/mol. The molecule has 6 nitrogen and oxygen atoms in total. The van der Waals surface area contributed by atoms with E-state index in [0.717, 1.165) is 5.56 Å². The van der Waals surface area contributed by atoms with E-state index in [1.54, 1.807) is 51.7 Å². The van der Waals surface area contributed by atoms with Crippen LogP contribution in [-0.4, -0.2) is 35.1 Å². The fourth-order valence-corrected chi connectivity index (χ4v) is 2.65. The van der Waals surface area contributed by atoms with Crippen molar-refractivity contribution in [3.63, 3.8) is 0 Å². The highest BCUT2D eigenvalue weighted by atomic mass is 19.3. The first-order valence-electron chi connectivity index (χ1n) is 8.14. The summed E-state index contributed by atoms with van der Waals surface area (Å²) in [5, 5.41) is 3.19. The average Bonchev–Trinajstić information content (AvgIpc) is 2.68. The minimum Gasteiger partial charge on any atom is -0.496 e. The van der Waals surface area contributed by atoms with Gasteiger partial charge in [0.05, 0.1) is 28.4 Å². The summed E-state index contributed by atoms with van der Waals surface area (Å²) in [6, 6.07) is 8.50. The molecule has 2 aromatic carbocycles. The number of halogens is 2. The normalized spacial score (nSPS) is 10.6. The van der Waals surface area contributed by atoms with Gasteiger partial charge in [-0.2, -0.15) is 8.78 Å². The molecule has 2 rings (SSSR count). The third-order valence-electron chi connectivity index (χ3n) is 3.90. The maximum atomic E-state index is 12.7. The average molecular weight is 383 g/mol. The maximum absolute atomic E-state index is 12.7. The molecule has 0 aromatic heterocycles. The zero-order valence-corrected chi connectivity index (χ0v) is 15.7. The Bertz CT molecular complexity index is 755. The van der Waals surface area contributed by atoms with Crippen molar-refractivity contribution < 1.29 is 32.5 Å². The van der Waals surface area contributed by atoms with Crippen molar-refractivity contribution in [2.75, 3.05) is 28.4 Å². The van der Waals surface area contributed by atoms with Gasteiger partial charge in [-0.1, -0.05) is 12.1 Å². The van der Waals surface area contributed by atoms with Gasteiger partial charge in [0.1, 0.15) is 5.75 Å². The van der Waals surface area contributed by atoms with Crippen molar-refractivity contribution in [2.24, 2.45) is 0 Å². The van der Waals surface area contributed by atoms with Crippen molar-refractivity contribution >= 4 is 0 Å². The van der Waals surface area contributed by atoms with Gasteiger partial charge in [0.15, 0.2) is 23.0 Å². The van der Waals surface area contributed by atoms with Crippen LogP contribution < -0.4 is 29.0 Å². The van der Waals surface area contributed by atoms with E-state index in [1.165, 1.54) is 7.11 Å². The van der Waals surface area contributed by atoms with Crippen molar-refractivity contribution in [2.45, 2.75) is 19.7 Å². The first-order valence-corrected chi connectivity index (χ1v) is 8.14. The summed E-state index contributed by atoms with van der Waals surface area (Å²) in [5.41, 5.74) is 1.38. The van der Waals surface area contributed by atoms with E-state index in [2.05, 4.69) is 10.1 Å². The van der Waals surface area contributed by atoms with Crippen LogP contribution in [-0.2, 0) is 13.1 Å². The Kier molecular flexibility index (Phi) is 7.48. The predicted octanol–water partition coefficient (Wildman–Crippen LogP) is 3.61. The smallest absolute Gasteiger partial charge is 0.387 e. The number of nitrogens with one attached hydrogen (secondary N) is 1. The quantitative estimate of drug-likeness (QED) is 0.676. The van der Waals surface area contributed by atoms with E-state index in [0.29, 0.717) is 29.4 Å². The molecule has 0 aliphatic rings. The topological polar surface area (TPSA) is 58.2 Å². The van der Waals surface area contributed by atoms with Crippen LogP contribution in [0.2, 0.25) is 0 Å². The Morgan fingerprint density at radius 2 is 1.37 bits per heavy atom. The van der Waals surface area contributed by atoms with Gasteiger partial charge in [-0.15, -0.1) is 0 Å². The lowest BCUT2D eigenvalue weighted by Gasteiger charge is -2.16. The van der Waals surface area contributed by atoms with Gasteiger partial charge in [0.2, 0.25) is 0 Å². The zero-order valence-electron chi connectivity index (χ0n) is 15.7. The summed E-state index contributed by atoms with van der Waals surface area (Å²) in [6.07, 6.45) is 0. The van der Waals surface area contributed by atoms with Gasteiger partial charge in [0, 0.05) is 30.3 Å². The molecule has 0 spiro atoms. The number of rotatable bonds is 10. The molecule has 0 unspecified atom stereocenters. The highest BCUT2D eigenvalue weighted by Gasteiger charge is 2.16. The van der Waals surface area contributed by atoms with Crippen LogP contribution in [0.5, 0.6) is 28.7 Å². The molecule has 2 aromatic rings. The lowest BCUT2D eigenvalue weighted by atomic mass is 10.1. The lowest BCUT2D eigenvalue weighted by Crippen LogP contribution is -2.15. The Labute approximate surface area is 156 Å². The Morgan fingerprint density at radius 3 is 1.96 bits per heavy atom. The molecule has 0 saturated heterocycles. The highest BCUT2D eigenvalue weighted by Crippen LogP contribution is 2.35. The molecule has 8 heteroatoms. The summed E-state index contributed by atoms with van der Waals surface area (Å²) in [7, 11) is 6.05. The van der Waals surface area contributed by atoms with Crippen molar-refractivity contribution in [3.8, 4) is 28.7 Å². The van der Waals surface area contributed by atoms with Gasteiger partial charge in [-0.25, -0.2) is 0 Å². The molecule has 0 fully saturated rings. The Hall–Kier alpha value is -2.74. The predicted molar refractivity (Wildman–Crippen MR) is 96.3 cm³/mol. The largest absolute Gasteiger partial charge is 0.496 e. The number of benzene rings is 2. The van der Waals surface area contributed by atoms with Crippen LogP contribution in [0.25, 0.3) is 0 Å². The van der Waals surface area contributed by atoms with Crippen LogP contribution in [0.15, 0.2) is 30.3 Å². The Morgan fingerprint density at radius 1 is 0.778 bits per heavy atom. The second-order valence-electron chi connectivity index (χ2n) is 5.45. The molecule has 0 bridgehead atoms. The second-order valence-corrected chi connectivity index (χ2v) is 5.45. The van der Waals surface area contributed by atoms with Gasteiger partial charge >= 0.3 is 6.61 Å². The first kappa shape index (κ1) is 20.6. The van der Waals surface area contributed by atoms with Crippen molar-refractivity contribution in [1.82, 2.24) is 5.32 Å². The van der Waals surface area contributed by atoms with Crippen LogP contribution in [0, 0.1) is 0 Å². The summed E-state index contributed by atoms with van der Waals surface area (Å²) >= 11 is 0. The van der Waals surface area contributed by atoms with E-state index in [9.17, 15) is 8.78 Å². The van der Waals surface area contributed by atoms with E-state index >= 15 is 0 Å². The molecule has 0 atom stereocenters. The van der Waals surface area contributed by atoms with Crippen LogP contribution >= 0.6 is 0 Å². The molecular weight excluding hydrogens is 360 g/mol. The number of hydrogen-bond acceptors (Lipinski definition) is 6. The standard InChI is InChI=1S/C19H23F2NO5/c1-23-14-7-5-6-12(18(14)27-19(20)21)10-22-11-13-8-16(25-3)17(26-4)9-15(13)24-2/h5-9,19,22H,10-11H2,1-4H3.